The Morgan fingerprint density at radius 3 is 2.10 bits per heavy atom. The maximum atomic E-state index is 5.74. The minimum atomic E-state index is -0.000943. The van der Waals surface area contributed by atoms with Crippen molar-refractivity contribution in [2.24, 2.45) is 11.3 Å². The molecule has 0 fully saturated rings. The quantitative estimate of drug-likeness (QED) is 0.598. The summed E-state index contributed by atoms with van der Waals surface area (Å²) in [7, 11) is 4.83. The molecule has 0 spiro atoms. The Morgan fingerprint density at radius 2 is 1.67 bits per heavy atom. The molecule has 1 unspecified atom stereocenters. The fourth-order valence-corrected chi connectivity index (χ4v) is 2.30. The average molecular weight is 296 g/mol. The second kappa shape index (κ2) is 7.52. The molecule has 1 aromatic rings. The van der Waals surface area contributed by atoms with Crippen LogP contribution in [0, 0.1) is 5.41 Å². The van der Waals surface area contributed by atoms with Gasteiger partial charge in [-0.15, -0.1) is 0 Å². The summed E-state index contributed by atoms with van der Waals surface area (Å²) in [5.74, 6) is 7.64. The van der Waals surface area contributed by atoms with Crippen LogP contribution in [0.5, 0.6) is 17.2 Å². The van der Waals surface area contributed by atoms with Crippen LogP contribution in [-0.4, -0.2) is 21.3 Å². The van der Waals surface area contributed by atoms with E-state index in [9.17, 15) is 0 Å². The summed E-state index contributed by atoms with van der Waals surface area (Å²) in [6.45, 7) is 6.64. The van der Waals surface area contributed by atoms with Crippen LogP contribution in [0.3, 0.4) is 0 Å². The van der Waals surface area contributed by atoms with E-state index < -0.39 is 0 Å². The number of hydrazine groups is 1. The summed E-state index contributed by atoms with van der Waals surface area (Å²) in [5, 5.41) is 0. The molecule has 0 radical (unpaired) electrons. The molecule has 5 nitrogen and oxygen atoms in total. The minimum Gasteiger partial charge on any atom is -0.493 e. The van der Waals surface area contributed by atoms with Gasteiger partial charge in [0.2, 0.25) is 5.75 Å². The maximum Gasteiger partial charge on any atom is 0.203 e. The summed E-state index contributed by atoms with van der Waals surface area (Å²) in [6.07, 6.45) is 1.95. The molecule has 120 valence electrons. The lowest BCUT2D eigenvalue weighted by molar-refractivity contribution is 0.308. The minimum absolute atomic E-state index is 0.000943. The van der Waals surface area contributed by atoms with E-state index in [0.717, 1.165) is 18.4 Å². The lowest BCUT2D eigenvalue weighted by Crippen LogP contribution is -2.29. The zero-order valence-corrected chi connectivity index (χ0v) is 13.9. The molecule has 0 aliphatic carbocycles. The molecule has 0 aliphatic rings. The Bertz CT molecular complexity index is 456. The molecule has 1 atom stereocenters. The third-order valence-electron chi connectivity index (χ3n) is 3.49. The van der Waals surface area contributed by atoms with Gasteiger partial charge in [-0.3, -0.25) is 11.3 Å². The number of hydrogen-bond acceptors (Lipinski definition) is 5. The monoisotopic (exact) mass is 296 g/mol. The van der Waals surface area contributed by atoms with Gasteiger partial charge in [-0.1, -0.05) is 20.8 Å². The predicted octanol–water partition coefficient (Wildman–Crippen LogP) is 3.04. The average Bonchev–Trinajstić information content (AvgIpc) is 2.45. The van der Waals surface area contributed by atoms with Crippen molar-refractivity contribution in [1.82, 2.24) is 5.43 Å². The van der Waals surface area contributed by atoms with Crippen molar-refractivity contribution in [3.8, 4) is 17.2 Å². The second-order valence-corrected chi connectivity index (χ2v) is 6.24. The zero-order valence-electron chi connectivity index (χ0n) is 13.9. The molecule has 1 aromatic carbocycles. The smallest absolute Gasteiger partial charge is 0.203 e. The molecule has 0 amide bonds. The van der Waals surface area contributed by atoms with E-state index >= 15 is 0 Å². The van der Waals surface area contributed by atoms with Crippen LogP contribution in [0.1, 0.15) is 45.2 Å². The van der Waals surface area contributed by atoms with E-state index in [1.54, 1.807) is 21.3 Å². The summed E-state index contributed by atoms with van der Waals surface area (Å²) in [6, 6.07) is 3.84. The molecule has 0 aliphatic heterocycles. The lowest BCUT2D eigenvalue weighted by atomic mass is 9.87. The first-order valence-corrected chi connectivity index (χ1v) is 7.13. The van der Waals surface area contributed by atoms with Crippen LogP contribution in [0.25, 0.3) is 0 Å². The number of nitrogens with two attached hydrogens (primary N) is 1. The topological polar surface area (TPSA) is 65.7 Å². The fourth-order valence-electron chi connectivity index (χ4n) is 2.30. The van der Waals surface area contributed by atoms with Gasteiger partial charge in [0.25, 0.3) is 0 Å². The normalized spacial score (nSPS) is 12.9. The molecule has 1 rings (SSSR count). The Balaban J connectivity index is 3.14. The number of hydrogen-bond donors (Lipinski definition) is 2. The number of methoxy groups -OCH3 is 3. The molecule has 0 aromatic heterocycles. The predicted molar refractivity (Wildman–Crippen MR) is 84.9 cm³/mol. The van der Waals surface area contributed by atoms with Crippen LogP contribution < -0.4 is 25.5 Å². The number of nitrogens with one attached hydrogen (secondary N) is 1. The van der Waals surface area contributed by atoms with Gasteiger partial charge in [-0.05, 0) is 30.4 Å². The zero-order chi connectivity index (χ0) is 16.0. The first-order valence-electron chi connectivity index (χ1n) is 7.13. The summed E-state index contributed by atoms with van der Waals surface area (Å²) in [5.41, 5.74) is 4.10. The van der Waals surface area contributed by atoms with Gasteiger partial charge in [-0.25, -0.2) is 0 Å². The largest absolute Gasteiger partial charge is 0.493 e. The van der Waals surface area contributed by atoms with Crippen LogP contribution in [0.4, 0.5) is 0 Å². The van der Waals surface area contributed by atoms with Crippen molar-refractivity contribution < 1.29 is 14.2 Å². The highest BCUT2D eigenvalue weighted by molar-refractivity contribution is 5.56. The van der Waals surface area contributed by atoms with Crippen molar-refractivity contribution in [2.45, 2.75) is 39.7 Å². The third kappa shape index (κ3) is 4.51. The van der Waals surface area contributed by atoms with Gasteiger partial charge in [0, 0.05) is 11.6 Å². The molecule has 0 heterocycles. The first kappa shape index (κ1) is 17.6. The number of rotatable bonds is 7. The maximum absolute atomic E-state index is 5.74. The fraction of sp³-hybridized carbons (Fsp3) is 0.625. The van der Waals surface area contributed by atoms with Gasteiger partial charge in [0.05, 0.1) is 21.3 Å². The van der Waals surface area contributed by atoms with Gasteiger partial charge < -0.3 is 14.2 Å². The highest BCUT2D eigenvalue weighted by atomic mass is 16.5. The van der Waals surface area contributed by atoms with E-state index in [1.807, 2.05) is 12.1 Å². The van der Waals surface area contributed by atoms with E-state index in [4.69, 9.17) is 20.1 Å². The number of ether oxygens (including phenoxy) is 3. The molecule has 0 bridgehead atoms. The molecular weight excluding hydrogens is 268 g/mol. The van der Waals surface area contributed by atoms with Gasteiger partial charge in [0.15, 0.2) is 11.5 Å². The van der Waals surface area contributed by atoms with Crippen LogP contribution in [0.15, 0.2) is 12.1 Å². The highest BCUT2D eigenvalue weighted by Crippen LogP contribution is 2.43. The van der Waals surface area contributed by atoms with E-state index in [1.165, 1.54) is 0 Å². The number of benzene rings is 1. The first-order chi connectivity index (χ1) is 9.87. The van der Waals surface area contributed by atoms with Gasteiger partial charge in [-0.2, -0.15) is 0 Å². The van der Waals surface area contributed by atoms with Crippen molar-refractivity contribution in [3.63, 3.8) is 0 Å². The van der Waals surface area contributed by atoms with Crippen molar-refractivity contribution in [3.05, 3.63) is 17.7 Å². The molecule has 0 saturated carbocycles. The highest BCUT2D eigenvalue weighted by Gasteiger charge is 2.23. The van der Waals surface area contributed by atoms with Crippen LogP contribution >= 0.6 is 0 Å². The van der Waals surface area contributed by atoms with E-state index in [2.05, 4.69) is 26.2 Å². The Kier molecular flexibility index (Phi) is 6.30. The molecule has 0 saturated heterocycles. The lowest BCUT2D eigenvalue weighted by Gasteiger charge is -2.25. The van der Waals surface area contributed by atoms with E-state index in [0.29, 0.717) is 17.2 Å². The summed E-state index contributed by atoms with van der Waals surface area (Å²) >= 11 is 0. The molecule has 3 N–H and O–H groups in total. The van der Waals surface area contributed by atoms with Crippen LogP contribution in [-0.2, 0) is 0 Å². The Morgan fingerprint density at radius 1 is 1.05 bits per heavy atom. The molecule has 21 heavy (non-hydrogen) atoms. The van der Waals surface area contributed by atoms with Crippen LogP contribution in [0.2, 0.25) is 0 Å². The summed E-state index contributed by atoms with van der Waals surface area (Å²) < 4.78 is 16.2. The SMILES string of the molecule is COc1ccc(C(CCC(C)(C)C)NN)c(OC)c1OC. The molecular formula is C16H28N2O3. The van der Waals surface area contributed by atoms with Crippen molar-refractivity contribution >= 4 is 0 Å². The van der Waals surface area contributed by atoms with E-state index in [-0.39, 0.29) is 11.5 Å². The Labute approximate surface area is 127 Å². The van der Waals surface area contributed by atoms with Gasteiger partial charge in [0.1, 0.15) is 0 Å². The third-order valence-corrected chi connectivity index (χ3v) is 3.49. The van der Waals surface area contributed by atoms with Crippen molar-refractivity contribution in [2.75, 3.05) is 21.3 Å². The molecule has 5 heteroatoms. The summed E-state index contributed by atoms with van der Waals surface area (Å²) in [4.78, 5) is 0. The second-order valence-electron chi connectivity index (χ2n) is 6.24. The Hall–Kier alpha value is -1.46. The van der Waals surface area contributed by atoms with Gasteiger partial charge >= 0.3 is 0 Å². The van der Waals surface area contributed by atoms with Crippen molar-refractivity contribution in [1.29, 1.82) is 0 Å². The standard InChI is InChI=1S/C16H28N2O3/c1-16(2,3)10-9-12(18-17)11-7-8-13(19-4)15(21-6)14(11)20-5/h7-8,12,18H,9-10,17H2,1-6H3.